The molecule has 5 heteroatoms. The molecule has 1 amide bonds. The number of amides is 1. The first kappa shape index (κ1) is 15.7. The van der Waals surface area contributed by atoms with E-state index in [2.05, 4.69) is 17.1 Å². The van der Waals surface area contributed by atoms with Crippen LogP contribution in [0, 0.1) is 11.3 Å². The van der Waals surface area contributed by atoms with E-state index in [0.717, 1.165) is 39.0 Å². The summed E-state index contributed by atoms with van der Waals surface area (Å²) in [5, 5.41) is 3.15. The number of rotatable bonds is 5. The third-order valence-corrected chi connectivity index (χ3v) is 5.03. The van der Waals surface area contributed by atoms with Gasteiger partial charge in [-0.15, -0.1) is 0 Å². The fraction of sp³-hybridized carbons (Fsp3) is 0.933. The van der Waals surface area contributed by atoms with Crippen molar-refractivity contribution in [3.05, 3.63) is 0 Å². The monoisotopic (exact) mass is 283 g/mol. The lowest BCUT2D eigenvalue weighted by molar-refractivity contribution is -0.136. The molecule has 2 fully saturated rings. The summed E-state index contributed by atoms with van der Waals surface area (Å²) >= 11 is 0. The van der Waals surface area contributed by atoms with Gasteiger partial charge in [0.2, 0.25) is 5.91 Å². The molecule has 0 saturated carbocycles. The van der Waals surface area contributed by atoms with Gasteiger partial charge in [-0.25, -0.2) is 0 Å². The zero-order valence-corrected chi connectivity index (χ0v) is 12.7. The van der Waals surface area contributed by atoms with Gasteiger partial charge in [0.15, 0.2) is 0 Å². The molecule has 3 N–H and O–H groups in total. The van der Waals surface area contributed by atoms with Gasteiger partial charge < -0.3 is 20.7 Å². The summed E-state index contributed by atoms with van der Waals surface area (Å²) in [5.41, 5.74) is 5.47. The molecule has 2 saturated heterocycles. The number of nitrogens with one attached hydrogen (secondary N) is 1. The highest BCUT2D eigenvalue weighted by molar-refractivity contribution is 5.83. The Bertz CT molecular complexity index is 308. The number of carbonyl (C=O) groups is 1. The Hall–Kier alpha value is -0.650. The molecule has 0 atom stereocenters. The Morgan fingerprint density at radius 1 is 1.35 bits per heavy atom. The van der Waals surface area contributed by atoms with Gasteiger partial charge in [0.05, 0.1) is 5.41 Å². The van der Waals surface area contributed by atoms with Crippen LogP contribution in [-0.4, -0.2) is 56.7 Å². The van der Waals surface area contributed by atoms with E-state index in [4.69, 9.17) is 10.5 Å². The van der Waals surface area contributed by atoms with Gasteiger partial charge in [-0.3, -0.25) is 4.79 Å². The Morgan fingerprint density at radius 2 is 2.00 bits per heavy atom. The molecule has 2 rings (SSSR count). The zero-order valence-electron chi connectivity index (χ0n) is 12.7. The van der Waals surface area contributed by atoms with Gasteiger partial charge >= 0.3 is 0 Å². The highest BCUT2D eigenvalue weighted by Gasteiger charge is 2.38. The number of nitrogens with zero attached hydrogens (tertiary/aromatic N) is 1. The lowest BCUT2D eigenvalue weighted by Gasteiger charge is -2.36. The van der Waals surface area contributed by atoms with Crippen molar-refractivity contribution in [2.24, 2.45) is 17.1 Å². The number of nitrogens with two attached hydrogens (primary N) is 1. The van der Waals surface area contributed by atoms with Crippen molar-refractivity contribution in [2.45, 2.75) is 32.6 Å². The van der Waals surface area contributed by atoms with E-state index in [1.807, 2.05) is 0 Å². The third kappa shape index (κ3) is 3.71. The summed E-state index contributed by atoms with van der Waals surface area (Å²) in [5.74, 6) is 0.762. The Labute approximate surface area is 122 Å². The van der Waals surface area contributed by atoms with Crippen molar-refractivity contribution in [2.75, 3.05) is 45.9 Å². The first-order chi connectivity index (χ1) is 9.70. The second-order valence-corrected chi connectivity index (χ2v) is 6.18. The van der Waals surface area contributed by atoms with E-state index in [1.165, 1.54) is 12.8 Å². The Morgan fingerprint density at radius 3 is 2.55 bits per heavy atom. The fourth-order valence-corrected chi connectivity index (χ4v) is 3.22. The average molecular weight is 283 g/mol. The molecule has 0 aromatic rings. The maximum Gasteiger partial charge on any atom is 0.227 e. The quantitative estimate of drug-likeness (QED) is 0.775. The minimum absolute atomic E-state index is 0.140. The smallest absolute Gasteiger partial charge is 0.227 e. The number of piperidine rings is 1. The van der Waals surface area contributed by atoms with Crippen molar-refractivity contribution < 1.29 is 9.53 Å². The average Bonchev–Trinajstić information content (AvgIpc) is 2.53. The molecule has 0 unspecified atom stereocenters. The molecule has 116 valence electrons. The number of ether oxygens (including phenoxy) is 1. The maximum absolute atomic E-state index is 12.5. The molecular weight excluding hydrogens is 254 g/mol. The van der Waals surface area contributed by atoms with E-state index >= 15 is 0 Å². The van der Waals surface area contributed by atoms with Crippen LogP contribution in [0.25, 0.3) is 0 Å². The number of hydrogen-bond acceptors (Lipinski definition) is 4. The van der Waals surface area contributed by atoms with Crippen molar-refractivity contribution in [1.82, 2.24) is 10.2 Å². The summed E-state index contributed by atoms with van der Waals surface area (Å²) in [4.78, 5) is 14.9. The van der Waals surface area contributed by atoms with Crippen LogP contribution in [0.4, 0.5) is 0 Å². The molecule has 0 radical (unpaired) electrons. The Kier molecular flexibility index (Phi) is 5.81. The van der Waals surface area contributed by atoms with Gasteiger partial charge in [0.1, 0.15) is 0 Å². The maximum atomic E-state index is 12.5. The van der Waals surface area contributed by atoms with Crippen LogP contribution in [0.1, 0.15) is 32.6 Å². The standard InChI is InChI=1S/C15H29N3O2/c1-2-18-7-3-13(4-8-18)11-17-14(19)15(12-16)5-9-20-10-6-15/h13H,2-12,16H2,1H3,(H,17,19). The van der Waals surface area contributed by atoms with Crippen molar-refractivity contribution in [1.29, 1.82) is 0 Å². The lowest BCUT2D eigenvalue weighted by atomic mass is 9.79. The van der Waals surface area contributed by atoms with Crippen LogP contribution < -0.4 is 11.1 Å². The number of likely N-dealkylation sites (tertiary alicyclic amines) is 1. The van der Waals surface area contributed by atoms with Gasteiger partial charge in [-0.2, -0.15) is 0 Å². The van der Waals surface area contributed by atoms with E-state index in [9.17, 15) is 4.79 Å². The summed E-state index contributed by atoms with van der Waals surface area (Å²) in [6, 6.07) is 0. The van der Waals surface area contributed by atoms with E-state index in [0.29, 0.717) is 25.7 Å². The van der Waals surface area contributed by atoms with Crippen LogP contribution in [0.15, 0.2) is 0 Å². The molecule has 2 heterocycles. The van der Waals surface area contributed by atoms with Crippen LogP contribution in [0.5, 0.6) is 0 Å². The first-order valence-electron chi connectivity index (χ1n) is 7.98. The van der Waals surface area contributed by atoms with Gasteiger partial charge in [-0.1, -0.05) is 6.92 Å². The number of hydrogen-bond donors (Lipinski definition) is 2. The largest absolute Gasteiger partial charge is 0.381 e. The molecule has 0 spiro atoms. The van der Waals surface area contributed by atoms with Crippen LogP contribution in [-0.2, 0) is 9.53 Å². The molecular formula is C15H29N3O2. The van der Waals surface area contributed by atoms with E-state index in [-0.39, 0.29) is 11.3 Å². The predicted molar refractivity (Wildman–Crippen MR) is 79.4 cm³/mol. The summed E-state index contributed by atoms with van der Waals surface area (Å²) in [6.07, 6.45) is 3.88. The molecule has 0 aliphatic carbocycles. The summed E-state index contributed by atoms with van der Waals surface area (Å²) < 4.78 is 5.35. The van der Waals surface area contributed by atoms with E-state index in [1.54, 1.807) is 0 Å². The molecule has 2 aliphatic heterocycles. The third-order valence-electron chi connectivity index (χ3n) is 5.03. The van der Waals surface area contributed by atoms with Gasteiger partial charge in [0.25, 0.3) is 0 Å². The normalized spacial score (nSPS) is 24.5. The second-order valence-electron chi connectivity index (χ2n) is 6.18. The van der Waals surface area contributed by atoms with Crippen molar-refractivity contribution in [3.8, 4) is 0 Å². The molecule has 0 aromatic carbocycles. The fourth-order valence-electron chi connectivity index (χ4n) is 3.22. The van der Waals surface area contributed by atoms with Crippen LogP contribution in [0.3, 0.4) is 0 Å². The zero-order chi connectivity index (χ0) is 14.4. The topological polar surface area (TPSA) is 67.6 Å². The molecule has 0 bridgehead atoms. The van der Waals surface area contributed by atoms with Gasteiger partial charge in [-0.05, 0) is 51.2 Å². The summed E-state index contributed by atoms with van der Waals surface area (Å²) in [7, 11) is 0. The lowest BCUT2D eigenvalue weighted by Crippen LogP contribution is -2.50. The highest BCUT2D eigenvalue weighted by atomic mass is 16.5. The highest BCUT2D eigenvalue weighted by Crippen LogP contribution is 2.29. The minimum Gasteiger partial charge on any atom is -0.381 e. The SMILES string of the molecule is CCN1CCC(CNC(=O)C2(CN)CCOCC2)CC1. The predicted octanol–water partition coefficient (Wildman–Crippen LogP) is 0.590. The van der Waals surface area contributed by atoms with E-state index < -0.39 is 0 Å². The number of carbonyl (C=O) groups excluding carboxylic acids is 1. The molecule has 2 aliphatic rings. The van der Waals surface area contributed by atoms with Crippen molar-refractivity contribution >= 4 is 5.91 Å². The second kappa shape index (κ2) is 7.38. The van der Waals surface area contributed by atoms with Crippen LogP contribution >= 0.6 is 0 Å². The molecule has 5 nitrogen and oxygen atoms in total. The van der Waals surface area contributed by atoms with Gasteiger partial charge in [0, 0.05) is 26.3 Å². The van der Waals surface area contributed by atoms with Crippen LogP contribution in [0.2, 0.25) is 0 Å². The minimum atomic E-state index is -0.387. The molecule has 20 heavy (non-hydrogen) atoms. The van der Waals surface area contributed by atoms with Crippen molar-refractivity contribution in [3.63, 3.8) is 0 Å². The Balaban J connectivity index is 1.77. The molecule has 0 aromatic heterocycles. The first-order valence-corrected chi connectivity index (χ1v) is 7.98. The summed E-state index contributed by atoms with van der Waals surface area (Å²) in [6.45, 7) is 8.20.